The van der Waals surface area contributed by atoms with Crippen molar-refractivity contribution < 1.29 is 8.42 Å². The Morgan fingerprint density at radius 2 is 1.61 bits per heavy atom. The van der Waals surface area contributed by atoms with E-state index < -0.39 is 10.0 Å². The van der Waals surface area contributed by atoms with Crippen molar-refractivity contribution in [2.75, 3.05) is 6.54 Å². The molecule has 2 rings (SSSR count). The highest BCUT2D eigenvalue weighted by molar-refractivity contribution is 7.89. The van der Waals surface area contributed by atoms with E-state index in [0.717, 1.165) is 22.3 Å². The van der Waals surface area contributed by atoms with E-state index in [4.69, 9.17) is 0 Å². The Kier molecular flexibility index (Phi) is 5.39. The van der Waals surface area contributed by atoms with E-state index in [1.54, 1.807) is 6.08 Å². The molecule has 0 unspecified atom stereocenters. The molecule has 0 bridgehead atoms. The Balaban J connectivity index is 2.47. The van der Waals surface area contributed by atoms with Crippen LogP contribution in [0.1, 0.15) is 22.3 Å². The van der Waals surface area contributed by atoms with Crippen molar-refractivity contribution in [1.29, 1.82) is 0 Å². The Morgan fingerprint density at radius 3 is 2.13 bits per heavy atom. The molecule has 0 radical (unpaired) electrons. The van der Waals surface area contributed by atoms with Gasteiger partial charge in [-0.25, -0.2) is 8.42 Å². The molecule has 0 atom stereocenters. The molecule has 0 spiro atoms. The highest BCUT2D eigenvalue weighted by atomic mass is 32.2. The van der Waals surface area contributed by atoms with E-state index >= 15 is 0 Å². The molecule has 0 aliphatic heterocycles. The first-order valence-electron chi connectivity index (χ1n) is 7.59. The number of hydrogen-bond acceptors (Lipinski definition) is 2. The fraction of sp³-hybridized carbons (Fsp3) is 0.263. The van der Waals surface area contributed by atoms with Crippen LogP contribution in [0.5, 0.6) is 0 Å². The van der Waals surface area contributed by atoms with Crippen LogP contribution in [0.25, 0.3) is 0 Å². The summed E-state index contributed by atoms with van der Waals surface area (Å²) in [5, 5.41) is 0. The van der Waals surface area contributed by atoms with Crippen molar-refractivity contribution >= 4 is 10.0 Å². The number of nitrogens with zero attached hydrogens (tertiary/aromatic N) is 1. The van der Waals surface area contributed by atoms with Crippen LogP contribution in [-0.4, -0.2) is 19.3 Å². The number of hydrogen-bond donors (Lipinski definition) is 0. The zero-order valence-electron chi connectivity index (χ0n) is 13.9. The van der Waals surface area contributed by atoms with E-state index in [0.29, 0.717) is 11.4 Å². The minimum absolute atomic E-state index is 0.282. The average Bonchev–Trinajstić information content (AvgIpc) is 2.46. The molecule has 23 heavy (non-hydrogen) atoms. The summed E-state index contributed by atoms with van der Waals surface area (Å²) in [6.07, 6.45) is 1.62. The van der Waals surface area contributed by atoms with Crippen LogP contribution in [0.3, 0.4) is 0 Å². The molecule has 0 aliphatic rings. The van der Waals surface area contributed by atoms with Gasteiger partial charge in [0, 0.05) is 13.1 Å². The fourth-order valence-electron chi connectivity index (χ4n) is 2.88. The number of sulfonamides is 1. The molecular weight excluding hydrogens is 306 g/mol. The lowest BCUT2D eigenvalue weighted by molar-refractivity contribution is 0.437. The van der Waals surface area contributed by atoms with Gasteiger partial charge in [0.25, 0.3) is 0 Å². The van der Waals surface area contributed by atoms with Crippen LogP contribution in [0, 0.1) is 20.8 Å². The first-order chi connectivity index (χ1) is 10.9. The third-order valence-corrected chi connectivity index (χ3v) is 5.85. The quantitative estimate of drug-likeness (QED) is 0.752. The molecular formula is C19H23NO2S. The summed E-state index contributed by atoms with van der Waals surface area (Å²) < 4.78 is 27.8. The molecule has 0 aliphatic carbocycles. The smallest absolute Gasteiger partial charge is 0.207 e. The molecule has 2 aromatic carbocycles. The molecule has 0 heterocycles. The summed E-state index contributed by atoms with van der Waals surface area (Å²) >= 11 is 0. The minimum Gasteiger partial charge on any atom is -0.207 e. The molecule has 0 saturated carbocycles. The van der Waals surface area contributed by atoms with E-state index in [1.165, 1.54) is 4.31 Å². The monoisotopic (exact) mass is 329 g/mol. The number of aryl methyl sites for hydroxylation is 3. The maximum atomic E-state index is 13.2. The lowest BCUT2D eigenvalue weighted by atomic mass is 10.1. The molecule has 0 N–H and O–H groups in total. The SMILES string of the molecule is C=CCN(Cc1ccccc1)S(=O)(=O)c1c(C)cc(C)cc1C. The summed E-state index contributed by atoms with van der Waals surface area (Å²) in [5.41, 5.74) is 3.59. The standard InChI is InChI=1S/C19H23NO2S/c1-5-11-20(14-18-9-7-6-8-10-18)23(21,22)19-16(3)12-15(2)13-17(19)4/h5-10,12-13H,1,11,14H2,2-4H3. The lowest BCUT2D eigenvalue weighted by Crippen LogP contribution is -2.31. The highest BCUT2D eigenvalue weighted by Crippen LogP contribution is 2.26. The molecule has 2 aromatic rings. The molecule has 3 nitrogen and oxygen atoms in total. The third kappa shape index (κ3) is 3.89. The van der Waals surface area contributed by atoms with Gasteiger partial charge in [0.05, 0.1) is 4.90 Å². The Bertz CT molecular complexity index is 772. The second-order valence-electron chi connectivity index (χ2n) is 5.80. The highest BCUT2D eigenvalue weighted by Gasteiger charge is 2.27. The Hall–Kier alpha value is -1.91. The zero-order chi connectivity index (χ0) is 17.0. The molecule has 122 valence electrons. The maximum Gasteiger partial charge on any atom is 0.244 e. The van der Waals surface area contributed by atoms with Gasteiger partial charge < -0.3 is 0 Å². The van der Waals surface area contributed by atoms with Crippen molar-refractivity contribution in [1.82, 2.24) is 4.31 Å². The number of rotatable bonds is 6. The van der Waals surface area contributed by atoms with Crippen molar-refractivity contribution in [3.05, 3.63) is 77.4 Å². The molecule has 4 heteroatoms. The van der Waals surface area contributed by atoms with Crippen molar-refractivity contribution in [3.63, 3.8) is 0 Å². The van der Waals surface area contributed by atoms with Crippen molar-refractivity contribution in [3.8, 4) is 0 Å². The van der Waals surface area contributed by atoms with Gasteiger partial charge in [-0.15, -0.1) is 6.58 Å². The second kappa shape index (κ2) is 7.11. The maximum absolute atomic E-state index is 13.2. The summed E-state index contributed by atoms with van der Waals surface area (Å²) in [6.45, 7) is 9.99. The second-order valence-corrected chi connectivity index (χ2v) is 7.67. The minimum atomic E-state index is -3.58. The summed E-state index contributed by atoms with van der Waals surface area (Å²) in [7, 11) is -3.58. The van der Waals surface area contributed by atoms with Crippen molar-refractivity contribution in [2.45, 2.75) is 32.2 Å². The van der Waals surface area contributed by atoms with Gasteiger partial charge in [-0.1, -0.05) is 54.1 Å². The summed E-state index contributed by atoms with van der Waals surface area (Å²) in [5.74, 6) is 0. The average molecular weight is 329 g/mol. The van der Waals surface area contributed by atoms with E-state index in [2.05, 4.69) is 6.58 Å². The van der Waals surface area contributed by atoms with Crippen LogP contribution in [-0.2, 0) is 16.6 Å². The first kappa shape index (κ1) is 17.4. The van der Waals surface area contributed by atoms with Crippen LogP contribution < -0.4 is 0 Å². The molecule has 0 saturated heterocycles. The fourth-order valence-corrected chi connectivity index (χ4v) is 4.69. The normalized spacial score (nSPS) is 11.7. The topological polar surface area (TPSA) is 37.4 Å². The van der Waals surface area contributed by atoms with Crippen LogP contribution in [0.4, 0.5) is 0 Å². The van der Waals surface area contributed by atoms with Gasteiger partial charge >= 0.3 is 0 Å². The summed E-state index contributed by atoms with van der Waals surface area (Å²) in [4.78, 5) is 0.404. The lowest BCUT2D eigenvalue weighted by Gasteiger charge is -2.23. The van der Waals surface area contributed by atoms with Gasteiger partial charge in [0.1, 0.15) is 0 Å². The Labute approximate surface area is 139 Å². The van der Waals surface area contributed by atoms with Crippen LogP contribution in [0.15, 0.2) is 60.0 Å². The predicted molar refractivity (Wildman–Crippen MR) is 94.9 cm³/mol. The van der Waals surface area contributed by atoms with Gasteiger partial charge in [-0.05, 0) is 37.5 Å². The molecule has 0 fully saturated rings. The van der Waals surface area contributed by atoms with Gasteiger partial charge in [-0.3, -0.25) is 0 Å². The van der Waals surface area contributed by atoms with E-state index in [9.17, 15) is 8.42 Å². The molecule has 0 amide bonds. The number of benzene rings is 2. The molecule has 0 aromatic heterocycles. The third-order valence-electron chi connectivity index (χ3n) is 3.74. The zero-order valence-corrected chi connectivity index (χ0v) is 14.7. The van der Waals surface area contributed by atoms with E-state index in [1.807, 2.05) is 63.2 Å². The Morgan fingerprint density at radius 1 is 1.04 bits per heavy atom. The largest absolute Gasteiger partial charge is 0.244 e. The predicted octanol–water partition coefficient (Wildman–Crippen LogP) is 3.99. The first-order valence-corrected chi connectivity index (χ1v) is 9.03. The van der Waals surface area contributed by atoms with Gasteiger partial charge in [0.2, 0.25) is 10.0 Å². The van der Waals surface area contributed by atoms with Crippen LogP contribution >= 0.6 is 0 Å². The van der Waals surface area contributed by atoms with Gasteiger partial charge in [-0.2, -0.15) is 4.31 Å². The van der Waals surface area contributed by atoms with E-state index in [-0.39, 0.29) is 6.54 Å². The summed E-state index contributed by atoms with van der Waals surface area (Å²) in [6, 6.07) is 13.4. The van der Waals surface area contributed by atoms with Gasteiger partial charge in [0.15, 0.2) is 0 Å². The van der Waals surface area contributed by atoms with Crippen LogP contribution in [0.2, 0.25) is 0 Å². The van der Waals surface area contributed by atoms with Crippen molar-refractivity contribution in [2.24, 2.45) is 0 Å².